The van der Waals surface area contributed by atoms with Crippen LogP contribution in [-0.4, -0.2) is 30.2 Å². The number of rotatable bonds is 5. The molecule has 17 heavy (non-hydrogen) atoms. The zero-order chi connectivity index (χ0) is 12.3. The fraction of sp³-hybridized carbons (Fsp3) is 0.909. The molecule has 0 saturated carbocycles. The maximum absolute atomic E-state index is 11.5. The van der Waals surface area contributed by atoms with Crippen LogP contribution in [0.25, 0.3) is 0 Å². The molecule has 0 spiro atoms. The summed E-state index contributed by atoms with van der Waals surface area (Å²) in [4.78, 5) is 11.5. The van der Waals surface area contributed by atoms with Gasteiger partial charge in [0.1, 0.15) is 0 Å². The molecule has 0 aliphatic carbocycles. The smallest absolute Gasteiger partial charge is 0.267 e. The lowest BCUT2D eigenvalue weighted by Gasteiger charge is -2.26. The van der Waals surface area contributed by atoms with Crippen molar-refractivity contribution < 1.29 is 17.8 Å². The van der Waals surface area contributed by atoms with Crippen molar-refractivity contribution in [2.45, 2.75) is 54.5 Å². The van der Waals surface area contributed by atoms with Gasteiger partial charge in [0.15, 0.2) is 0 Å². The second-order valence-corrected chi connectivity index (χ2v) is 5.86. The average molecular weight is 269 g/mol. The van der Waals surface area contributed by atoms with E-state index in [0.29, 0.717) is 6.42 Å². The van der Waals surface area contributed by atoms with Gasteiger partial charge in [-0.25, -0.2) is 0 Å². The van der Waals surface area contributed by atoms with Crippen molar-refractivity contribution in [3.63, 3.8) is 0 Å². The van der Waals surface area contributed by atoms with Crippen molar-refractivity contribution in [2.75, 3.05) is 5.75 Å². The van der Waals surface area contributed by atoms with Crippen molar-refractivity contribution >= 4 is 16.0 Å². The van der Waals surface area contributed by atoms with E-state index in [4.69, 9.17) is 4.55 Å². The molecule has 0 saturated heterocycles. The highest BCUT2D eigenvalue weighted by Gasteiger charge is 2.27. The number of carbonyl (C=O) groups excluding carboxylic acids is 1. The van der Waals surface area contributed by atoms with E-state index in [1.54, 1.807) is 20.8 Å². The summed E-state index contributed by atoms with van der Waals surface area (Å²) < 4.78 is 30.0. The lowest BCUT2D eigenvalue weighted by atomic mass is 10.0. The van der Waals surface area contributed by atoms with Crippen LogP contribution in [0, 0.1) is 5.92 Å². The van der Waals surface area contributed by atoms with Gasteiger partial charge in [0.25, 0.3) is 10.1 Å². The lowest BCUT2D eigenvalue weighted by molar-refractivity contribution is -0.125. The van der Waals surface area contributed by atoms with Gasteiger partial charge in [0, 0.05) is 5.92 Å². The zero-order valence-corrected chi connectivity index (χ0v) is 10.4. The summed E-state index contributed by atoms with van der Waals surface area (Å²) in [5.74, 6) is -0.848. The third-order valence-corrected chi connectivity index (χ3v) is 3.15. The van der Waals surface area contributed by atoms with E-state index in [1.165, 1.54) is 0 Å². The molecular formula is C11H27NO4S. The molecule has 1 amide bonds. The largest absolute Gasteiger partial charge is 0.350 e. The number of amides is 1. The van der Waals surface area contributed by atoms with E-state index in [0.717, 1.165) is 0 Å². The molecule has 5 nitrogen and oxygen atoms in total. The highest BCUT2D eigenvalue weighted by molar-refractivity contribution is 7.85. The number of nitrogens with one attached hydrogen (secondary N) is 1. The topological polar surface area (TPSA) is 83.5 Å². The minimum Gasteiger partial charge on any atom is -0.350 e. The first-order valence-electron chi connectivity index (χ1n) is 4.84. The molecule has 0 heterocycles. The van der Waals surface area contributed by atoms with Gasteiger partial charge < -0.3 is 5.32 Å². The van der Waals surface area contributed by atoms with Crippen LogP contribution >= 0.6 is 0 Å². The molecule has 0 bridgehead atoms. The standard InChI is InChI=1S/C9H19NO4S.2CH4/c1-5-7(2)8(11)10-9(3,4)6-15(12,13)14;;/h7H,5-6H2,1-4H3,(H,10,11)(H,12,13,14);2*1H4. The Morgan fingerprint density at radius 2 is 1.76 bits per heavy atom. The molecule has 0 aromatic rings. The predicted octanol–water partition coefficient (Wildman–Crippen LogP) is 2.09. The second-order valence-electron chi connectivity index (χ2n) is 4.41. The first-order valence-corrected chi connectivity index (χ1v) is 6.45. The van der Waals surface area contributed by atoms with Crippen LogP contribution in [0.1, 0.15) is 49.0 Å². The van der Waals surface area contributed by atoms with E-state index < -0.39 is 21.4 Å². The Balaban J connectivity index is -0.000000980. The van der Waals surface area contributed by atoms with Crippen LogP contribution in [-0.2, 0) is 14.9 Å². The summed E-state index contributed by atoms with van der Waals surface area (Å²) in [5.41, 5.74) is -0.950. The zero-order valence-electron chi connectivity index (χ0n) is 9.57. The number of hydrogen-bond donors (Lipinski definition) is 2. The van der Waals surface area contributed by atoms with Crippen LogP contribution in [0.4, 0.5) is 0 Å². The molecule has 0 aliphatic heterocycles. The van der Waals surface area contributed by atoms with E-state index in [2.05, 4.69) is 5.32 Å². The minimum absolute atomic E-state index is 0. The molecular weight excluding hydrogens is 242 g/mol. The first-order chi connectivity index (χ1) is 6.57. The highest BCUT2D eigenvalue weighted by Crippen LogP contribution is 2.09. The summed E-state index contributed by atoms with van der Waals surface area (Å²) in [6.45, 7) is 6.75. The Hall–Kier alpha value is -0.620. The quantitative estimate of drug-likeness (QED) is 0.749. The average Bonchev–Trinajstić information content (AvgIpc) is 1.96. The molecule has 1 unspecified atom stereocenters. The Morgan fingerprint density at radius 3 is 2.06 bits per heavy atom. The molecule has 0 radical (unpaired) electrons. The molecule has 0 aliphatic rings. The van der Waals surface area contributed by atoms with Crippen LogP contribution in [0.2, 0.25) is 0 Å². The summed E-state index contributed by atoms with van der Waals surface area (Å²) >= 11 is 0. The minimum atomic E-state index is -4.07. The van der Waals surface area contributed by atoms with Crippen molar-refractivity contribution in [1.29, 1.82) is 0 Å². The molecule has 0 fully saturated rings. The van der Waals surface area contributed by atoms with Gasteiger partial charge in [-0.3, -0.25) is 9.35 Å². The number of hydrogen-bond acceptors (Lipinski definition) is 3. The lowest BCUT2D eigenvalue weighted by Crippen LogP contribution is -2.49. The van der Waals surface area contributed by atoms with Crippen LogP contribution in [0.15, 0.2) is 0 Å². The van der Waals surface area contributed by atoms with E-state index in [-0.39, 0.29) is 26.7 Å². The second kappa shape index (κ2) is 7.66. The van der Waals surface area contributed by atoms with Gasteiger partial charge in [-0.05, 0) is 20.3 Å². The van der Waals surface area contributed by atoms with Gasteiger partial charge in [-0.1, -0.05) is 28.7 Å². The van der Waals surface area contributed by atoms with Gasteiger partial charge in [-0.15, -0.1) is 0 Å². The van der Waals surface area contributed by atoms with Gasteiger partial charge in [0.05, 0.1) is 11.3 Å². The monoisotopic (exact) mass is 269 g/mol. The van der Waals surface area contributed by atoms with E-state index in [1.807, 2.05) is 6.92 Å². The Morgan fingerprint density at radius 1 is 1.35 bits per heavy atom. The van der Waals surface area contributed by atoms with Gasteiger partial charge in [0.2, 0.25) is 5.91 Å². The predicted molar refractivity (Wildman–Crippen MR) is 71.6 cm³/mol. The molecule has 106 valence electrons. The fourth-order valence-electron chi connectivity index (χ4n) is 1.13. The van der Waals surface area contributed by atoms with Crippen LogP contribution in [0.5, 0.6) is 0 Å². The van der Waals surface area contributed by atoms with Gasteiger partial charge in [-0.2, -0.15) is 8.42 Å². The molecule has 0 aromatic carbocycles. The summed E-state index contributed by atoms with van der Waals surface area (Å²) in [6, 6.07) is 0. The summed E-state index contributed by atoms with van der Waals surface area (Å²) in [7, 11) is -4.07. The van der Waals surface area contributed by atoms with Crippen molar-refractivity contribution in [1.82, 2.24) is 5.32 Å². The number of carbonyl (C=O) groups is 1. The van der Waals surface area contributed by atoms with E-state index in [9.17, 15) is 13.2 Å². The highest BCUT2D eigenvalue weighted by atomic mass is 32.2. The van der Waals surface area contributed by atoms with Crippen molar-refractivity contribution in [2.24, 2.45) is 5.92 Å². The molecule has 0 aromatic heterocycles. The Labute approximate surface area is 106 Å². The summed E-state index contributed by atoms with van der Waals surface area (Å²) in [5, 5.41) is 2.59. The Bertz CT molecular complexity index is 322. The van der Waals surface area contributed by atoms with Crippen molar-refractivity contribution in [3.05, 3.63) is 0 Å². The molecule has 2 N–H and O–H groups in total. The Kier molecular flexibility index (Phi) is 9.75. The molecule has 6 heteroatoms. The maximum Gasteiger partial charge on any atom is 0.267 e. The van der Waals surface area contributed by atoms with Crippen LogP contribution in [0.3, 0.4) is 0 Å². The van der Waals surface area contributed by atoms with Gasteiger partial charge >= 0.3 is 0 Å². The fourth-order valence-corrected chi connectivity index (χ4v) is 2.12. The van der Waals surface area contributed by atoms with Crippen molar-refractivity contribution in [3.8, 4) is 0 Å². The van der Waals surface area contributed by atoms with E-state index >= 15 is 0 Å². The normalized spacial score (nSPS) is 13.0. The summed E-state index contributed by atoms with van der Waals surface area (Å²) in [6.07, 6.45) is 0.688. The maximum atomic E-state index is 11.5. The third-order valence-electron chi connectivity index (χ3n) is 2.06. The SMILES string of the molecule is C.C.CCC(C)C(=O)NC(C)(C)CS(=O)(=O)O. The molecule has 1 atom stereocenters. The molecule has 0 rings (SSSR count). The van der Waals surface area contributed by atoms with Crippen LogP contribution < -0.4 is 5.32 Å². The first kappa shape index (κ1) is 21.6. The third kappa shape index (κ3) is 10.3.